The van der Waals surface area contributed by atoms with Crippen LogP contribution < -0.4 is 10.6 Å². The largest absolute Gasteiger partial charge is 0.461 e. The molecule has 3 rings (SSSR count). The fraction of sp³-hybridized carbons (Fsp3) is 0.278. The summed E-state index contributed by atoms with van der Waals surface area (Å²) in [6.07, 6.45) is 2.54. The summed E-state index contributed by atoms with van der Waals surface area (Å²) in [5, 5.41) is 13.4. The van der Waals surface area contributed by atoms with Crippen LogP contribution in [0.15, 0.2) is 57.0 Å². The third kappa shape index (κ3) is 6.82. The summed E-state index contributed by atoms with van der Waals surface area (Å²) in [6.45, 7) is 1.25. The third-order valence-electron chi connectivity index (χ3n) is 3.62. The second-order valence-electron chi connectivity index (χ2n) is 5.59. The van der Waals surface area contributed by atoms with E-state index in [2.05, 4.69) is 30.8 Å². The van der Waals surface area contributed by atoms with E-state index in [0.717, 1.165) is 23.6 Å². The Morgan fingerprint density at radius 1 is 1.25 bits per heavy atom. The molecule has 0 atom stereocenters. The molecule has 1 aromatic carbocycles. The van der Waals surface area contributed by atoms with E-state index in [-0.39, 0.29) is 29.8 Å². The van der Waals surface area contributed by atoms with E-state index in [9.17, 15) is 4.39 Å². The average molecular weight is 516 g/mol. The minimum absolute atomic E-state index is 0. The van der Waals surface area contributed by atoms with Gasteiger partial charge in [-0.1, -0.05) is 0 Å². The lowest BCUT2D eigenvalue weighted by atomic mass is 10.4. The van der Waals surface area contributed by atoms with Crippen LogP contribution in [-0.2, 0) is 6.54 Å². The Hall–Kier alpha value is -2.08. The first-order chi connectivity index (χ1) is 13.2. The van der Waals surface area contributed by atoms with Crippen molar-refractivity contribution in [3.05, 3.63) is 54.3 Å². The summed E-state index contributed by atoms with van der Waals surface area (Å²) < 4.78 is 18.1. The van der Waals surface area contributed by atoms with E-state index in [4.69, 9.17) is 4.42 Å². The number of nitrogens with one attached hydrogen (secondary N) is 3. The lowest BCUT2D eigenvalue weighted by Gasteiger charge is -2.10. The van der Waals surface area contributed by atoms with Gasteiger partial charge in [0.05, 0.1) is 12.8 Å². The number of halogens is 2. The van der Waals surface area contributed by atoms with Gasteiger partial charge in [0, 0.05) is 18.5 Å². The maximum Gasteiger partial charge on any atom is 0.216 e. The topological polar surface area (TPSA) is 91.1 Å². The molecule has 0 spiro atoms. The Kier molecular flexibility index (Phi) is 9.28. The number of hydrogen-bond donors (Lipinski definition) is 3. The fourth-order valence-corrected chi connectivity index (χ4v) is 3.13. The Labute approximate surface area is 184 Å². The first-order valence-corrected chi connectivity index (χ1v) is 9.51. The summed E-state index contributed by atoms with van der Waals surface area (Å²) >= 11 is 1.70. The molecular weight excluding hydrogens is 494 g/mol. The fourth-order valence-electron chi connectivity index (χ4n) is 2.28. The van der Waals surface area contributed by atoms with Gasteiger partial charge in [-0.05, 0) is 48.6 Å². The normalized spacial score (nSPS) is 11.1. The van der Waals surface area contributed by atoms with E-state index in [1.54, 1.807) is 43.3 Å². The molecule has 0 radical (unpaired) electrons. The molecule has 0 aliphatic heterocycles. The molecule has 0 fully saturated rings. The predicted molar refractivity (Wildman–Crippen MR) is 119 cm³/mol. The summed E-state index contributed by atoms with van der Waals surface area (Å²) in [4.78, 5) is 9.63. The lowest BCUT2D eigenvalue weighted by molar-refractivity contribution is 0.577. The van der Waals surface area contributed by atoms with Gasteiger partial charge in [0.25, 0.3) is 0 Å². The van der Waals surface area contributed by atoms with Gasteiger partial charge < -0.3 is 15.1 Å². The molecule has 0 aliphatic rings. The van der Waals surface area contributed by atoms with Crippen molar-refractivity contribution in [1.82, 2.24) is 25.8 Å². The Morgan fingerprint density at radius 3 is 2.79 bits per heavy atom. The van der Waals surface area contributed by atoms with Crippen LogP contribution in [0, 0.1) is 5.82 Å². The van der Waals surface area contributed by atoms with Crippen molar-refractivity contribution in [2.24, 2.45) is 4.99 Å². The molecule has 0 aliphatic carbocycles. The number of guanidine groups is 1. The highest BCUT2D eigenvalue weighted by molar-refractivity contribution is 14.0. The SMILES string of the molecule is CN=C(NCCCSc1ccc(F)cc1)NCc1nc(-c2ccco2)n[nH]1.I. The van der Waals surface area contributed by atoms with E-state index in [1.807, 2.05) is 6.07 Å². The number of benzene rings is 1. The lowest BCUT2D eigenvalue weighted by Crippen LogP contribution is -2.37. The summed E-state index contributed by atoms with van der Waals surface area (Å²) in [6, 6.07) is 10.2. The zero-order valence-corrected chi connectivity index (χ0v) is 18.5. The van der Waals surface area contributed by atoms with Crippen LogP contribution in [0.1, 0.15) is 12.2 Å². The van der Waals surface area contributed by atoms with Gasteiger partial charge in [-0.2, -0.15) is 0 Å². The minimum Gasteiger partial charge on any atom is -0.461 e. The average Bonchev–Trinajstić information content (AvgIpc) is 3.37. The number of nitrogens with zero attached hydrogens (tertiary/aromatic N) is 3. The van der Waals surface area contributed by atoms with Crippen LogP contribution in [0.5, 0.6) is 0 Å². The molecule has 150 valence electrons. The third-order valence-corrected chi connectivity index (χ3v) is 4.71. The van der Waals surface area contributed by atoms with Gasteiger partial charge in [0.2, 0.25) is 5.82 Å². The van der Waals surface area contributed by atoms with Crippen molar-refractivity contribution in [2.45, 2.75) is 17.9 Å². The van der Waals surface area contributed by atoms with Crippen LogP contribution in [0.3, 0.4) is 0 Å². The highest BCUT2D eigenvalue weighted by Gasteiger charge is 2.08. The monoisotopic (exact) mass is 516 g/mol. The zero-order chi connectivity index (χ0) is 18.9. The molecule has 0 unspecified atom stereocenters. The highest BCUT2D eigenvalue weighted by Crippen LogP contribution is 2.18. The van der Waals surface area contributed by atoms with Gasteiger partial charge in [-0.25, -0.2) is 9.37 Å². The van der Waals surface area contributed by atoms with E-state index in [1.165, 1.54) is 12.1 Å². The molecule has 0 saturated carbocycles. The molecule has 7 nitrogen and oxygen atoms in total. The van der Waals surface area contributed by atoms with Crippen molar-refractivity contribution in [3.8, 4) is 11.6 Å². The first kappa shape index (κ1) is 22.2. The number of aromatic amines is 1. The first-order valence-electron chi connectivity index (χ1n) is 8.52. The molecule has 28 heavy (non-hydrogen) atoms. The molecule has 0 amide bonds. The molecule has 2 aromatic heterocycles. The van der Waals surface area contributed by atoms with Crippen LogP contribution >= 0.6 is 35.7 Å². The van der Waals surface area contributed by atoms with Crippen molar-refractivity contribution in [3.63, 3.8) is 0 Å². The highest BCUT2D eigenvalue weighted by atomic mass is 127. The standard InChI is InChI=1S/C18H21FN6OS.HI/c1-20-18(21-9-3-11-27-14-7-5-13(19)6-8-14)22-12-16-23-17(25-24-16)15-4-2-10-26-15;/h2,4-8,10H,3,9,11-12H2,1H3,(H2,20,21,22)(H,23,24,25);1H. The van der Waals surface area contributed by atoms with Gasteiger partial charge in [-0.3, -0.25) is 10.1 Å². The van der Waals surface area contributed by atoms with Crippen molar-refractivity contribution in [1.29, 1.82) is 0 Å². The second kappa shape index (κ2) is 11.7. The number of rotatable bonds is 8. The van der Waals surface area contributed by atoms with Gasteiger partial charge in [-0.15, -0.1) is 40.8 Å². The Bertz CT molecular complexity index is 853. The predicted octanol–water partition coefficient (Wildman–Crippen LogP) is 3.67. The van der Waals surface area contributed by atoms with E-state index < -0.39 is 0 Å². The minimum atomic E-state index is -0.209. The van der Waals surface area contributed by atoms with Crippen LogP contribution in [0.2, 0.25) is 0 Å². The van der Waals surface area contributed by atoms with Gasteiger partial charge in [0.15, 0.2) is 11.7 Å². The molecule has 2 heterocycles. The molecule has 3 N–H and O–H groups in total. The van der Waals surface area contributed by atoms with Crippen molar-refractivity contribution in [2.75, 3.05) is 19.3 Å². The Morgan fingerprint density at radius 2 is 2.07 bits per heavy atom. The molecule has 0 saturated heterocycles. The smallest absolute Gasteiger partial charge is 0.216 e. The second-order valence-corrected chi connectivity index (χ2v) is 6.76. The maximum absolute atomic E-state index is 12.9. The summed E-state index contributed by atoms with van der Waals surface area (Å²) in [5.41, 5.74) is 0. The van der Waals surface area contributed by atoms with Crippen LogP contribution in [-0.4, -0.2) is 40.5 Å². The quantitative estimate of drug-likeness (QED) is 0.139. The molecule has 10 heteroatoms. The Balaban J connectivity index is 0.00000280. The number of furan rings is 1. The number of hydrogen-bond acceptors (Lipinski definition) is 5. The maximum atomic E-state index is 12.9. The molecule has 3 aromatic rings. The number of aromatic nitrogens is 3. The van der Waals surface area contributed by atoms with E-state index in [0.29, 0.717) is 29.9 Å². The summed E-state index contributed by atoms with van der Waals surface area (Å²) in [7, 11) is 1.72. The molecule has 0 bridgehead atoms. The molecular formula is C18H22FIN6OS. The van der Waals surface area contributed by atoms with Gasteiger partial charge in [0.1, 0.15) is 11.6 Å². The number of aliphatic imine (C=N–C) groups is 1. The van der Waals surface area contributed by atoms with Crippen LogP contribution in [0.4, 0.5) is 4.39 Å². The number of thioether (sulfide) groups is 1. The van der Waals surface area contributed by atoms with Crippen LogP contribution in [0.25, 0.3) is 11.6 Å². The van der Waals surface area contributed by atoms with Crippen molar-refractivity contribution >= 4 is 41.7 Å². The van der Waals surface area contributed by atoms with E-state index >= 15 is 0 Å². The summed E-state index contributed by atoms with van der Waals surface area (Å²) in [5.74, 6) is 3.26. The zero-order valence-electron chi connectivity index (χ0n) is 15.3. The van der Waals surface area contributed by atoms with Gasteiger partial charge >= 0.3 is 0 Å². The number of H-pyrrole nitrogens is 1. The van der Waals surface area contributed by atoms with Crippen molar-refractivity contribution < 1.29 is 8.81 Å².